The van der Waals surface area contributed by atoms with Crippen LogP contribution < -0.4 is 15.7 Å². The van der Waals surface area contributed by atoms with E-state index >= 15 is 0 Å². The highest BCUT2D eigenvalue weighted by atomic mass is 31.2. The van der Waals surface area contributed by atoms with Crippen LogP contribution in [0.2, 0.25) is 0 Å². The smallest absolute Gasteiger partial charge is 0.204 e. The average Bonchev–Trinajstić information content (AvgIpc) is 2.67. The molecule has 0 saturated carbocycles. The molecule has 0 spiro atoms. The predicted molar refractivity (Wildman–Crippen MR) is 110 cm³/mol. The van der Waals surface area contributed by atoms with Crippen LogP contribution >= 0.6 is 7.29 Å². The van der Waals surface area contributed by atoms with Crippen molar-refractivity contribution < 1.29 is 4.57 Å². The summed E-state index contributed by atoms with van der Waals surface area (Å²) in [5.74, 6) is 0. The lowest BCUT2D eigenvalue weighted by Gasteiger charge is -2.27. The Labute approximate surface area is 152 Å². The minimum atomic E-state index is -2.84. The molecule has 3 heteroatoms. The molecular formula is C22H30NOP. The quantitative estimate of drug-likeness (QED) is 0.331. The number of hydrogen-bond acceptors (Lipinski definition) is 1. The van der Waals surface area contributed by atoms with E-state index in [1.807, 2.05) is 66.7 Å². The molecule has 0 saturated heterocycles. The summed E-state index contributed by atoms with van der Waals surface area (Å²) in [7, 11) is -2.84. The van der Waals surface area contributed by atoms with E-state index < -0.39 is 7.29 Å². The molecule has 0 amide bonds. The average molecular weight is 355 g/mol. The van der Waals surface area contributed by atoms with Gasteiger partial charge < -0.3 is 0 Å². The van der Waals surface area contributed by atoms with E-state index in [-0.39, 0.29) is 6.04 Å². The van der Waals surface area contributed by atoms with E-state index in [0.717, 1.165) is 49.1 Å². The molecule has 1 N–H and O–H groups in total. The fraction of sp³-hybridized carbons (Fsp3) is 0.364. The molecule has 0 aliphatic heterocycles. The van der Waals surface area contributed by atoms with Crippen LogP contribution in [0.5, 0.6) is 0 Å². The van der Waals surface area contributed by atoms with E-state index in [1.54, 1.807) is 0 Å². The summed E-state index contributed by atoms with van der Waals surface area (Å²) in [4.78, 5) is 0. The zero-order valence-electron chi connectivity index (χ0n) is 15.2. The van der Waals surface area contributed by atoms with Gasteiger partial charge in [0.05, 0.1) is 0 Å². The first-order valence-corrected chi connectivity index (χ1v) is 11.0. The Morgan fingerprint density at radius 1 is 0.960 bits per heavy atom. The van der Waals surface area contributed by atoms with Crippen molar-refractivity contribution in [2.45, 2.75) is 51.5 Å². The molecule has 0 radical (unpaired) electrons. The Morgan fingerprint density at radius 2 is 1.48 bits per heavy atom. The summed E-state index contributed by atoms with van der Waals surface area (Å²) in [5.41, 5.74) is 0. The normalized spacial score (nSPS) is 12.7. The van der Waals surface area contributed by atoms with E-state index in [2.05, 4.69) is 18.6 Å². The lowest BCUT2D eigenvalue weighted by molar-refractivity contribution is 0.482. The molecule has 0 bridgehead atoms. The lowest BCUT2D eigenvalue weighted by Crippen LogP contribution is -2.35. The summed E-state index contributed by atoms with van der Waals surface area (Å²) in [5, 5.41) is 5.34. The van der Waals surface area contributed by atoms with Gasteiger partial charge in [-0.15, -0.1) is 6.58 Å². The zero-order valence-corrected chi connectivity index (χ0v) is 16.1. The third-order valence-corrected chi connectivity index (χ3v) is 7.25. The third-order valence-electron chi connectivity index (χ3n) is 4.47. The highest BCUT2D eigenvalue weighted by Gasteiger charge is 2.29. The molecule has 2 rings (SSSR count). The number of nitrogens with one attached hydrogen (secondary N) is 1. The number of hydrogen-bond donors (Lipinski definition) is 1. The monoisotopic (exact) mass is 355 g/mol. The van der Waals surface area contributed by atoms with Crippen LogP contribution in [0.25, 0.3) is 0 Å². The standard InChI is InChI=1S/C22H30NOP/c1-3-5-9-15-20(14-6-4-2)23-25(24,21-16-10-7-11-17-21)22-18-12-8-13-19-22/h3,7-8,10-13,16-20H,1,4-6,9,14-15H2,2H3,(H,23,24)/t20-/m0/s1. The van der Waals surface area contributed by atoms with Crippen molar-refractivity contribution in [1.29, 1.82) is 0 Å². The van der Waals surface area contributed by atoms with Gasteiger partial charge in [-0.1, -0.05) is 62.2 Å². The summed E-state index contributed by atoms with van der Waals surface area (Å²) >= 11 is 0. The highest BCUT2D eigenvalue weighted by molar-refractivity contribution is 7.76. The Balaban J connectivity index is 2.30. The van der Waals surface area contributed by atoms with Crippen LogP contribution in [0.3, 0.4) is 0 Å². The molecular weight excluding hydrogens is 325 g/mol. The van der Waals surface area contributed by atoms with Gasteiger partial charge in [-0.05, 0) is 49.9 Å². The summed E-state index contributed by atoms with van der Waals surface area (Å²) < 4.78 is 14.1. The summed E-state index contributed by atoms with van der Waals surface area (Å²) in [6.45, 7) is 6.02. The third kappa shape index (κ3) is 5.70. The molecule has 2 nitrogen and oxygen atoms in total. The van der Waals surface area contributed by atoms with Gasteiger partial charge in [0, 0.05) is 16.7 Å². The van der Waals surface area contributed by atoms with E-state index in [0.29, 0.717) is 0 Å². The lowest BCUT2D eigenvalue weighted by atomic mass is 10.0. The fourth-order valence-corrected chi connectivity index (χ4v) is 5.62. The second-order valence-electron chi connectivity index (χ2n) is 6.47. The van der Waals surface area contributed by atoms with Gasteiger partial charge >= 0.3 is 0 Å². The van der Waals surface area contributed by atoms with Gasteiger partial charge in [-0.25, -0.2) is 0 Å². The van der Waals surface area contributed by atoms with Gasteiger partial charge in [-0.2, -0.15) is 0 Å². The van der Waals surface area contributed by atoms with Gasteiger partial charge in [0.1, 0.15) is 0 Å². The number of benzene rings is 2. The summed E-state index contributed by atoms with van der Waals surface area (Å²) in [6, 6.07) is 19.9. The maximum absolute atomic E-state index is 14.1. The molecule has 134 valence electrons. The molecule has 0 aliphatic carbocycles. The number of unbranched alkanes of at least 4 members (excludes halogenated alkanes) is 2. The van der Waals surface area contributed by atoms with Crippen LogP contribution in [-0.4, -0.2) is 6.04 Å². The first-order valence-electron chi connectivity index (χ1n) is 9.30. The van der Waals surface area contributed by atoms with Crippen LogP contribution in [-0.2, 0) is 4.57 Å². The van der Waals surface area contributed by atoms with E-state index in [4.69, 9.17) is 0 Å². The second-order valence-corrected chi connectivity index (χ2v) is 8.98. The molecule has 0 aliphatic rings. The minimum Gasteiger partial charge on any atom is -0.297 e. The van der Waals surface area contributed by atoms with Gasteiger partial charge in [0.2, 0.25) is 7.29 Å². The van der Waals surface area contributed by atoms with Crippen molar-refractivity contribution in [3.8, 4) is 0 Å². The first kappa shape index (κ1) is 19.7. The molecule has 2 aromatic carbocycles. The first-order chi connectivity index (χ1) is 12.2. The maximum atomic E-state index is 14.1. The van der Waals surface area contributed by atoms with Crippen molar-refractivity contribution in [3.63, 3.8) is 0 Å². The van der Waals surface area contributed by atoms with Crippen LogP contribution in [0, 0.1) is 0 Å². The topological polar surface area (TPSA) is 29.1 Å². The van der Waals surface area contributed by atoms with Crippen molar-refractivity contribution >= 4 is 17.9 Å². The molecule has 2 aromatic rings. The van der Waals surface area contributed by atoms with Gasteiger partial charge in [-0.3, -0.25) is 9.65 Å². The second kappa shape index (κ2) is 10.4. The molecule has 0 heterocycles. The maximum Gasteiger partial charge on any atom is 0.204 e. The van der Waals surface area contributed by atoms with Gasteiger partial charge in [0.15, 0.2) is 0 Å². The van der Waals surface area contributed by atoms with E-state index in [9.17, 15) is 4.57 Å². The van der Waals surface area contributed by atoms with Crippen LogP contribution in [0.15, 0.2) is 73.3 Å². The minimum absolute atomic E-state index is 0.256. The van der Waals surface area contributed by atoms with Crippen molar-refractivity contribution in [2.24, 2.45) is 0 Å². The predicted octanol–water partition coefficient (Wildman–Crippen LogP) is 5.42. The molecule has 0 fully saturated rings. The van der Waals surface area contributed by atoms with Crippen molar-refractivity contribution in [3.05, 3.63) is 73.3 Å². The van der Waals surface area contributed by atoms with Crippen LogP contribution in [0.4, 0.5) is 0 Å². The molecule has 1 atom stereocenters. The number of rotatable bonds is 11. The van der Waals surface area contributed by atoms with Crippen molar-refractivity contribution in [2.75, 3.05) is 0 Å². The molecule has 0 unspecified atom stereocenters. The zero-order chi connectivity index (χ0) is 18.0. The number of allylic oxidation sites excluding steroid dienone is 1. The largest absolute Gasteiger partial charge is 0.297 e. The Bertz CT molecular complexity index is 625. The van der Waals surface area contributed by atoms with Crippen LogP contribution in [0.1, 0.15) is 45.4 Å². The van der Waals surface area contributed by atoms with Crippen molar-refractivity contribution in [1.82, 2.24) is 5.09 Å². The Morgan fingerprint density at radius 3 is 1.96 bits per heavy atom. The Kier molecular flexibility index (Phi) is 8.18. The Hall–Kier alpha value is -1.63. The SMILES string of the molecule is C=CCCC[C@H](CCCC)NP(=O)(c1ccccc1)c1ccccc1. The fourth-order valence-electron chi connectivity index (χ4n) is 3.06. The van der Waals surface area contributed by atoms with E-state index in [1.165, 1.54) is 0 Å². The van der Waals surface area contributed by atoms with Gasteiger partial charge in [0.25, 0.3) is 0 Å². The highest BCUT2D eigenvalue weighted by Crippen LogP contribution is 2.40. The summed E-state index contributed by atoms with van der Waals surface area (Å²) in [6.07, 6.45) is 8.42. The molecule has 25 heavy (non-hydrogen) atoms. The molecule has 0 aromatic heterocycles.